The quantitative estimate of drug-likeness (QED) is 0.258. The molecule has 0 bridgehead atoms. The van der Waals surface area contributed by atoms with Gasteiger partial charge in [-0.15, -0.1) is 13.2 Å². The van der Waals surface area contributed by atoms with Gasteiger partial charge in [0.15, 0.2) is 0 Å². The first-order valence-corrected chi connectivity index (χ1v) is 4.71. The molecule has 0 saturated heterocycles. The molecule has 0 radical (unpaired) electrons. The molecule has 10 heavy (non-hydrogen) atoms. The first kappa shape index (κ1) is 10.1. The van der Waals surface area contributed by atoms with Crippen molar-refractivity contribution in [1.29, 1.82) is 0 Å². The standard InChI is InChI=1S/C6H10O2S2/c1-3-5-7-9-10-8-6-4-2/h3-4H,1-2,5-6H2. The summed E-state index contributed by atoms with van der Waals surface area (Å²) in [6.07, 6.45) is 3.36. The van der Waals surface area contributed by atoms with Crippen LogP contribution >= 0.6 is 22.1 Å². The Labute approximate surface area is 69.5 Å². The maximum absolute atomic E-state index is 4.93. The summed E-state index contributed by atoms with van der Waals surface area (Å²) in [5, 5.41) is 0. The molecule has 0 aromatic heterocycles. The van der Waals surface area contributed by atoms with Gasteiger partial charge in [-0.05, 0) is 0 Å². The van der Waals surface area contributed by atoms with E-state index in [0.717, 1.165) is 0 Å². The van der Waals surface area contributed by atoms with Crippen molar-refractivity contribution in [2.24, 2.45) is 0 Å². The lowest BCUT2D eigenvalue weighted by molar-refractivity contribution is 0.421. The van der Waals surface area contributed by atoms with Crippen LogP contribution in [0.25, 0.3) is 0 Å². The van der Waals surface area contributed by atoms with Gasteiger partial charge >= 0.3 is 0 Å². The SMILES string of the molecule is C=CCOSSOCC=C. The molecule has 0 spiro atoms. The average molecular weight is 178 g/mol. The Bertz CT molecular complexity index is 83.7. The van der Waals surface area contributed by atoms with E-state index in [4.69, 9.17) is 8.37 Å². The van der Waals surface area contributed by atoms with Crippen molar-refractivity contribution in [2.45, 2.75) is 0 Å². The third kappa shape index (κ3) is 8.10. The fourth-order valence-electron chi connectivity index (χ4n) is 0.191. The molecule has 0 aromatic rings. The molecule has 0 aromatic carbocycles. The molecule has 0 aliphatic rings. The summed E-state index contributed by atoms with van der Waals surface area (Å²) < 4.78 is 9.86. The second-order valence-corrected chi connectivity index (χ2v) is 2.84. The Kier molecular flexibility index (Phi) is 9.19. The molecule has 4 heteroatoms. The van der Waals surface area contributed by atoms with Gasteiger partial charge in [0.25, 0.3) is 0 Å². The number of rotatable bonds is 7. The van der Waals surface area contributed by atoms with E-state index in [1.54, 1.807) is 12.2 Å². The summed E-state index contributed by atoms with van der Waals surface area (Å²) in [6, 6.07) is 0. The molecule has 0 unspecified atom stereocenters. The van der Waals surface area contributed by atoms with Crippen LogP contribution in [-0.2, 0) is 8.37 Å². The molecular weight excluding hydrogens is 168 g/mol. The minimum absolute atomic E-state index is 0.537. The van der Waals surface area contributed by atoms with Gasteiger partial charge < -0.3 is 0 Å². The van der Waals surface area contributed by atoms with E-state index in [-0.39, 0.29) is 0 Å². The minimum atomic E-state index is 0.537. The van der Waals surface area contributed by atoms with Crippen LogP contribution in [0.4, 0.5) is 0 Å². The number of hydrogen-bond donors (Lipinski definition) is 0. The van der Waals surface area contributed by atoms with E-state index in [1.165, 1.54) is 22.1 Å². The highest BCUT2D eigenvalue weighted by Crippen LogP contribution is 2.22. The van der Waals surface area contributed by atoms with Gasteiger partial charge in [-0.3, -0.25) is 8.37 Å². The van der Waals surface area contributed by atoms with Crippen molar-refractivity contribution in [3.05, 3.63) is 25.3 Å². The van der Waals surface area contributed by atoms with Gasteiger partial charge in [-0.25, -0.2) is 0 Å². The largest absolute Gasteiger partial charge is 0.299 e. The van der Waals surface area contributed by atoms with Gasteiger partial charge in [-0.1, -0.05) is 12.2 Å². The fourth-order valence-corrected chi connectivity index (χ4v) is 1.14. The zero-order valence-electron chi connectivity index (χ0n) is 5.62. The smallest absolute Gasteiger partial charge is 0.0928 e. The summed E-state index contributed by atoms with van der Waals surface area (Å²) in [6.45, 7) is 8.05. The maximum atomic E-state index is 4.93. The van der Waals surface area contributed by atoms with E-state index in [1.807, 2.05) is 0 Å². The highest BCUT2D eigenvalue weighted by Gasteiger charge is 1.86. The van der Waals surface area contributed by atoms with Crippen molar-refractivity contribution < 1.29 is 8.37 Å². The molecule has 0 fully saturated rings. The van der Waals surface area contributed by atoms with Crippen LogP contribution < -0.4 is 0 Å². The van der Waals surface area contributed by atoms with E-state index >= 15 is 0 Å². The molecule has 0 heterocycles. The molecule has 0 aliphatic heterocycles. The second kappa shape index (κ2) is 9.10. The lowest BCUT2D eigenvalue weighted by Crippen LogP contribution is -1.78. The van der Waals surface area contributed by atoms with E-state index in [9.17, 15) is 0 Å². The molecule has 0 aliphatic carbocycles. The fraction of sp³-hybridized carbons (Fsp3) is 0.333. The van der Waals surface area contributed by atoms with Crippen LogP contribution in [0.15, 0.2) is 25.3 Å². The summed E-state index contributed by atoms with van der Waals surface area (Å²) in [5.41, 5.74) is 0. The normalized spacial score (nSPS) is 9.20. The average Bonchev–Trinajstić information content (AvgIpc) is 1.97. The van der Waals surface area contributed by atoms with Gasteiger partial charge in [0.2, 0.25) is 0 Å². The molecule has 0 saturated carbocycles. The highest BCUT2D eigenvalue weighted by molar-refractivity contribution is 8.73. The van der Waals surface area contributed by atoms with Crippen LogP contribution in [-0.4, -0.2) is 13.2 Å². The second-order valence-electron chi connectivity index (χ2n) is 1.28. The van der Waals surface area contributed by atoms with Crippen molar-refractivity contribution in [2.75, 3.05) is 13.2 Å². The molecule has 0 atom stereocenters. The summed E-state index contributed by atoms with van der Waals surface area (Å²) in [4.78, 5) is 0. The topological polar surface area (TPSA) is 18.5 Å². The van der Waals surface area contributed by atoms with E-state index in [0.29, 0.717) is 13.2 Å². The number of hydrogen-bond acceptors (Lipinski definition) is 4. The van der Waals surface area contributed by atoms with Crippen molar-refractivity contribution in [3.8, 4) is 0 Å². The Hall–Kier alpha value is 0.100. The minimum Gasteiger partial charge on any atom is -0.299 e. The molecule has 0 rings (SSSR count). The molecule has 0 N–H and O–H groups in total. The van der Waals surface area contributed by atoms with E-state index in [2.05, 4.69) is 13.2 Å². The van der Waals surface area contributed by atoms with Gasteiger partial charge in [0.05, 0.1) is 35.4 Å². The van der Waals surface area contributed by atoms with Gasteiger partial charge in [-0.2, -0.15) is 0 Å². The Morgan fingerprint density at radius 3 is 1.70 bits per heavy atom. The Morgan fingerprint density at radius 2 is 1.40 bits per heavy atom. The molecule has 0 amide bonds. The van der Waals surface area contributed by atoms with Crippen LogP contribution in [0.3, 0.4) is 0 Å². The Morgan fingerprint density at radius 1 is 1.00 bits per heavy atom. The lowest BCUT2D eigenvalue weighted by Gasteiger charge is -1.96. The summed E-state index contributed by atoms with van der Waals surface area (Å²) in [7, 11) is 0. The van der Waals surface area contributed by atoms with Crippen molar-refractivity contribution in [1.82, 2.24) is 0 Å². The summed E-state index contributed by atoms with van der Waals surface area (Å²) in [5.74, 6) is 0. The van der Waals surface area contributed by atoms with Crippen molar-refractivity contribution >= 4 is 22.1 Å². The zero-order valence-corrected chi connectivity index (χ0v) is 7.25. The Balaban J connectivity index is 2.76. The van der Waals surface area contributed by atoms with Crippen LogP contribution in [0.5, 0.6) is 0 Å². The predicted molar refractivity (Wildman–Crippen MR) is 47.5 cm³/mol. The first-order valence-electron chi connectivity index (χ1n) is 2.71. The maximum Gasteiger partial charge on any atom is 0.0928 e. The van der Waals surface area contributed by atoms with E-state index < -0.39 is 0 Å². The third-order valence-electron chi connectivity index (χ3n) is 0.496. The van der Waals surface area contributed by atoms with Crippen molar-refractivity contribution in [3.63, 3.8) is 0 Å². The molecular formula is C6H10O2S2. The molecule has 58 valence electrons. The lowest BCUT2D eigenvalue weighted by atomic mass is 10.7. The monoisotopic (exact) mass is 178 g/mol. The first-order chi connectivity index (χ1) is 4.91. The highest BCUT2D eigenvalue weighted by atomic mass is 33.1. The van der Waals surface area contributed by atoms with Crippen LogP contribution in [0, 0.1) is 0 Å². The summed E-state index contributed by atoms with van der Waals surface area (Å²) >= 11 is 2.39. The third-order valence-corrected chi connectivity index (χ3v) is 1.76. The van der Waals surface area contributed by atoms with Gasteiger partial charge in [0, 0.05) is 0 Å². The van der Waals surface area contributed by atoms with Crippen LogP contribution in [0.2, 0.25) is 0 Å². The zero-order chi connectivity index (χ0) is 7.66. The predicted octanol–water partition coefficient (Wildman–Crippen LogP) is 2.60. The van der Waals surface area contributed by atoms with Crippen LogP contribution in [0.1, 0.15) is 0 Å². The molecule has 2 nitrogen and oxygen atoms in total. The van der Waals surface area contributed by atoms with Gasteiger partial charge in [0.1, 0.15) is 0 Å².